The minimum Gasteiger partial charge on any atom is -0.348 e. The molecular formula is C26H35FN8S. The first-order chi connectivity index (χ1) is 17.3. The van der Waals surface area contributed by atoms with E-state index in [0.29, 0.717) is 30.0 Å². The minimum atomic E-state index is -0.109. The fourth-order valence-electron chi connectivity index (χ4n) is 3.24. The van der Waals surface area contributed by atoms with Gasteiger partial charge in [-0.25, -0.2) is 14.4 Å². The summed E-state index contributed by atoms with van der Waals surface area (Å²) in [6.07, 6.45) is 3.22. The third-order valence-electron chi connectivity index (χ3n) is 5.34. The monoisotopic (exact) mass is 510 g/mol. The highest BCUT2D eigenvalue weighted by Gasteiger charge is 2.24. The van der Waals surface area contributed by atoms with Crippen LogP contribution in [0.15, 0.2) is 53.2 Å². The molecule has 1 aliphatic carbocycles. The second-order valence-electron chi connectivity index (χ2n) is 8.64. The van der Waals surface area contributed by atoms with Crippen molar-refractivity contribution in [2.75, 3.05) is 24.2 Å². The van der Waals surface area contributed by atoms with Crippen molar-refractivity contribution in [3.05, 3.63) is 75.9 Å². The molecule has 0 aliphatic heterocycles. The lowest BCUT2D eigenvalue weighted by Gasteiger charge is -2.11. The topological polar surface area (TPSA) is 99.2 Å². The molecular weight excluding hydrogens is 475 g/mol. The number of hydrazone groups is 1. The lowest BCUT2D eigenvalue weighted by atomic mass is 10.1. The number of nitrogens with zero attached hydrogens (tertiary/aromatic N) is 4. The first-order valence-electron chi connectivity index (χ1n) is 12.0. The van der Waals surface area contributed by atoms with Crippen LogP contribution in [0.25, 0.3) is 0 Å². The molecule has 2 aromatic heterocycles. The molecule has 0 saturated heterocycles. The lowest BCUT2D eigenvalue weighted by molar-refractivity contribution is 0.605. The molecule has 192 valence electrons. The molecule has 1 fully saturated rings. The highest BCUT2D eigenvalue weighted by molar-refractivity contribution is 7.09. The van der Waals surface area contributed by atoms with Gasteiger partial charge < -0.3 is 16.0 Å². The molecule has 1 saturated carbocycles. The van der Waals surface area contributed by atoms with E-state index in [4.69, 9.17) is 0 Å². The maximum atomic E-state index is 12.9. The maximum absolute atomic E-state index is 12.9. The Balaban J connectivity index is 0.000000275. The normalized spacial score (nSPS) is 13.0. The molecule has 0 radical (unpaired) electrons. The Hall–Kier alpha value is -3.37. The first-order valence-corrected chi connectivity index (χ1v) is 12.9. The Morgan fingerprint density at radius 3 is 2.61 bits per heavy atom. The van der Waals surface area contributed by atoms with Crippen molar-refractivity contribution in [2.45, 2.75) is 46.6 Å². The van der Waals surface area contributed by atoms with Gasteiger partial charge in [0.15, 0.2) is 0 Å². The van der Waals surface area contributed by atoms with Crippen LogP contribution in [0.5, 0.6) is 0 Å². The van der Waals surface area contributed by atoms with Crippen molar-refractivity contribution in [1.82, 2.24) is 25.7 Å². The van der Waals surface area contributed by atoms with Crippen molar-refractivity contribution < 1.29 is 4.39 Å². The van der Waals surface area contributed by atoms with Gasteiger partial charge in [-0.1, -0.05) is 24.8 Å². The lowest BCUT2D eigenvalue weighted by Crippen LogP contribution is -2.16. The van der Waals surface area contributed by atoms with Crippen LogP contribution in [0, 0.1) is 25.6 Å². The largest absolute Gasteiger partial charge is 0.348 e. The standard InChI is InChI=1S/C17H23N7S.C9H12FN/c1-10-7-15(21-13(4)24-23-12(3)14-5-6-14)22-17(20-10)18-8-16-19-11(2)9-25-16;1-11-7-6-8-4-2-3-5-9(8)10/h7,9,14,24H,4-6,8H2,1-3H3,(H2,18,20,21,22);2-5,11H,6-7H2,1H3/b23-12+;. The summed E-state index contributed by atoms with van der Waals surface area (Å²) in [6.45, 7) is 11.3. The quantitative estimate of drug-likeness (QED) is 0.213. The van der Waals surface area contributed by atoms with Crippen molar-refractivity contribution in [2.24, 2.45) is 11.0 Å². The van der Waals surface area contributed by atoms with E-state index in [2.05, 4.69) is 48.0 Å². The molecule has 10 heteroatoms. The van der Waals surface area contributed by atoms with Crippen molar-refractivity contribution >= 4 is 28.8 Å². The predicted molar refractivity (Wildman–Crippen MR) is 147 cm³/mol. The number of rotatable bonds is 11. The predicted octanol–water partition coefficient (Wildman–Crippen LogP) is 5.01. The fraction of sp³-hybridized carbons (Fsp3) is 0.385. The van der Waals surface area contributed by atoms with Crippen molar-refractivity contribution in [1.29, 1.82) is 0 Å². The van der Waals surface area contributed by atoms with Crippen LogP contribution < -0.4 is 21.4 Å². The summed E-state index contributed by atoms with van der Waals surface area (Å²) < 4.78 is 12.9. The van der Waals surface area contributed by atoms with Crippen molar-refractivity contribution in [3.8, 4) is 0 Å². The maximum Gasteiger partial charge on any atom is 0.225 e. The third-order valence-corrected chi connectivity index (χ3v) is 6.30. The summed E-state index contributed by atoms with van der Waals surface area (Å²) in [6, 6.07) is 8.73. The van der Waals surface area contributed by atoms with E-state index in [1.54, 1.807) is 17.4 Å². The summed E-state index contributed by atoms with van der Waals surface area (Å²) >= 11 is 1.62. The number of aryl methyl sites for hydroxylation is 2. The van der Waals surface area contributed by atoms with Gasteiger partial charge >= 0.3 is 0 Å². The van der Waals surface area contributed by atoms with Crippen molar-refractivity contribution in [3.63, 3.8) is 0 Å². The number of thiazole rings is 1. The average molecular weight is 511 g/mol. The fourth-order valence-corrected chi connectivity index (χ4v) is 3.95. The van der Waals surface area contributed by atoms with Crippen LogP contribution in [-0.2, 0) is 13.0 Å². The number of halogens is 1. The number of aromatic nitrogens is 3. The highest BCUT2D eigenvalue weighted by Crippen LogP contribution is 2.30. The Morgan fingerprint density at radius 2 is 1.94 bits per heavy atom. The van der Waals surface area contributed by atoms with Crippen LogP contribution in [-0.4, -0.2) is 34.3 Å². The SMILES string of the molecule is C=C(N/N=C(\C)C1CC1)Nc1cc(C)nc(NCc2nc(C)cs2)n1.CNCCc1ccccc1F. The number of benzene rings is 1. The Morgan fingerprint density at radius 1 is 1.17 bits per heavy atom. The van der Waals surface area contributed by atoms with Gasteiger partial charge in [0.1, 0.15) is 22.5 Å². The van der Waals surface area contributed by atoms with Crippen LogP contribution in [0.2, 0.25) is 0 Å². The van der Waals surface area contributed by atoms with Gasteiger partial charge in [0.05, 0.1) is 6.54 Å². The minimum absolute atomic E-state index is 0.109. The smallest absolute Gasteiger partial charge is 0.225 e. The summed E-state index contributed by atoms with van der Waals surface area (Å²) in [5, 5.41) is 16.7. The summed E-state index contributed by atoms with van der Waals surface area (Å²) in [5.74, 6) is 2.33. The van der Waals surface area contributed by atoms with Crippen LogP contribution >= 0.6 is 11.3 Å². The van der Waals surface area contributed by atoms with E-state index in [0.717, 1.165) is 40.6 Å². The number of nitrogens with one attached hydrogen (secondary N) is 4. The van der Waals surface area contributed by atoms with E-state index in [-0.39, 0.29) is 5.82 Å². The zero-order chi connectivity index (χ0) is 25.9. The second kappa shape index (κ2) is 13.6. The molecule has 0 atom stereocenters. The first kappa shape index (κ1) is 27.2. The summed E-state index contributed by atoms with van der Waals surface area (Å²) in [5.41, 5.74) is 6.73. The molecule has 0 unspecified atom stereocenters. The zero-order valence-corrected chi connectivity index (χ0v) is 22.2. The molecule has 1 aromatic carbocycles. The Labute approximate surface area is 216 Å². The molecule has 1 aliphatic rings. The average Bonchev–Trinajstić information content (AvgIpc) is 3.62. The Kier molecular flexibility index (Phi) is 10.3. The third kappa shape index (κ3) is 9.35. The summed E-state index contributed by atoms with van der Waals surface area (Å²) in [4.78, 5) is 13.3. The molecule has 4 N–H and O–H groups in total. The molecule has 3 aromatic rings. The van der Waals surface area contributed by atoms with E-state index in [1.165, 1.54) is 18.9 Å². The van der Waals surface area contributed by atoms with Crippen LogP contribution in [0.3, 0.4) is 0 Å². The number of hydrogen-bond acceptors (Lipinski definition) is 9. The number of likely N-dealkylation sites (N-methyl/N-ethyl adjacent to an activating group) is 1. The van der Waals surface area contributed by atoms with Gasteiger partial charge in [-0.05, 0) is 71.2 Å². The van der Waals surface area contributed by atoms with E-state index < -0.39 is 0 Å². The van der Waals surface area contributed by atoms with E-state index in [1.807, 2.05) is 51.4 Å². The number of hydrogen-bond donors (Lipinski definition) is 4. The van der Waals surface area contributed by atoms with Gasteiger partial charge in [0.2, 0.25) is 5.95 Å². The molecule has 36 heavy (non-hydrogen) atoms. The van der Waals surface area contributed by atoms with Gasteiger partial charge in [0, 0.05) is 28.5 Å². The molecule has 0 amide bonds. The molecule has 4 rings (SSSR count). The zero-order valence-electron chi connectivity index (χ0n) is 21.4. The molecule has 0 bridgehead atoms. The van der Waals surface area contributed by atoms with Crippen LogP contribution in [0.1, 0.15) is 41.7 Å². The van der Waals surface area contributed by atoms with Crippen LogP contribution in [0.4, 0.5) is 16.2 Å². The Bertz CT molecular complexity index is 1170. The van der Waals surface area contributed by atoms with Gasteiger partial charge in [-0.3, -0.25) is 5.43 Å². The molecule has 0 spiro atoms. The van der Waals surface area contributed by atoms with E-state index in [9.17, 15) is 4.39 Å². The molecule has 2 heterocycles. The van der Waals surface area contributed by atoms with E-state index >= 15 is 0 Å². The highest BCUT2D eigenvalue weighted by atomic mass is 32.1. The van der Waals surface area contributed by atoms with Gasteiger partial charge in [-0.2, -0.15) is 10.1 Å². The second-order valence-corrected chi connectivity index (χ2v) is 9.58. The summed E-state index contributed by atoms with van der Waals surface area (Å²) in [7, 11) is 1.86. The van der Waals surface area contributed by atoms with Gasteiger partial charge in [0.25, 0.3) is 0 Å². The van der Waals surface area contributed by atoms with Gasteiger partial charge in [-0.15, -0.1) is 11.3 Å². The molecule has 8 nitrogen and oxygen atoms in total. The number of anilines is 2.